The first-order chi connectivity index (χ1) is 8.69. The van der Waals surface area contributed by atoms with Gasteiger partial charge < -0.3 is 9.26 Å². The van der Waals surface area contributed by atoms with E-state index in [1.165, 1.54) is 12.8 Å². The molecule has 3 nitrogen and oxygen atoms in total. The molecule has 94 valence electrons. The number of aromatic nitrogens is 1. The lowest BCUT2D eigenvalue weighted by molar-refractivity contribution is 0.386. The number of benzene rings is 1. The van der Waals surface area contributed by atoms with Crippen molar-refractivity contribution in [3.05, 3.63) is 34.0 Å². The predicted molar refractivity (Wildman–Crippen MR) is 70.5 cm³/mol. The molecule has 0 bridgehead atoms. The van der Waals surface area contributed by atoms with Crippen LogP contribution in [0.4, 0.5) is 0 Å². The Bertz CT molecular complexity index is 567. The predicted octanol–water partition coefficient (Wildman–Crippen LogP) is 4.53. The molecule has 0 spiro atoms. The van der Waals surface area contributed by atoms with Gasteiger partial charge in [-0.25, -0.2) is 0 Å². The van der Waals surface area contributed by atoms with Gasteiger partial charge >= 0.3 is 0 Å². The second-order valence-corrected chi connectivity index (χ2v) is 5.17. The molecule has 1 aliphatic rings. The molecule has 0 radical (unpaired) electrons. The fourth-order valence-electron chi connectivity index (χ4n) is 1.88. The van der Waals surface area contributed by atoms with Crippen LogP contribution in [0.1, 0.15) is 24.5 Å². The average molecular weight is 284 g/mol. The summed E-state index contributed by atoms with van der Waals surface area (Å²) in [5.41, 5.74) is 1.37. The molecule has 0 N–H and O–H groups in total. The Labute approximate surface area is 115 Å². The highest BCUT2D eigenvalue weighted by Gasteiger charge is 2.28. The van der Waals surface area contributed by atoms with E-state index in [4.69, 9.17) is 32.5 Å². The maximum atomic E-state index is 6.21. The fraction of sp³-hybridized carbons (Fsp3) is 0.308. The van der Waals surface area contributed by atoms with Crippen molar-refractivity contribution in [3.63, 3.8) is 0 Å². The molecular weight excluding hydrogens is 273 g/mol. The van der Waals surface area contributed by atoms with Crippen LogP contribution in [0.3, 0.4) is 0 Å². The summed E-state index contributed by atoms with van der Waals surface area (Å²) >= 11 is 12.4. The van der Waals surface area contributed by atoms with Crippen molar-refractivity contribution >= 4 is 23.2 Å². The van der Waals surface area contributed by atoms with Gasteiger partial charge in [-0.15, -0.1) is 0 Å². The Kier molecular flexibility index (Phi) is 2.96. The molecule has 1 fully saturated rings. The van der Waals surface area contributed by atoms with Crippen LogP contribution in [0.5, 0.6) is 5.75 Å². The van der Waals surface area contributed by atoms with Crippen molar-refractivity contribution in [1.29, 1.82) is 0 Å². The van der Waals surface area contributed by atoms with Crippen LogP contribution in [0, 0.1) is 0 Å². The minimum atomic E-state index is 0.509. The lowest BCUT2D eigenvalue weighted by Crippen LogP contribution is -1.86. The largest absolute Gasteiger partial charge is 0.497 e. The minimum absolute atomic E-state index is 0.509. The summed E-state index contributed by atoms with van der Waals surface area (Å²) in [4.78, 5) is 0. The minimum Gasteiger partial charge on any atom is -0.497 e. The number of halogens is 2. The van der Waals surface area contributed by atoms with Crippen LogP contribution in [0.15, 0.2) is 22.7 Å². The Balaban J connectivity index is 2.04. The second kappa shape index (κ2) is 4.48. The number of ether oxygens (including phenoxy) is 1. The SMILES string of the molecule is COc1cc(Cl)c(-c2cc(C3CC3)on2)c(Cl)c1. The van der Waals surface area contributed by atoms with E-state index in [1.807, 2.05) is 6.07 Å². The summed E-state index contributed by atoms with van der Waals surface area (Å²) in [5, 5.41) is 5.06. The first kappa shape index (κ1) is 11.9. The van der Waals surface area contributed by atoms with Gasteiger partial charge in [-0.3, -0.25) is 0 Å². The molecule has 18 heavy (non-hydrogen) atoms. The zero-order chi connectivity index (χ0) is 12.7. The normalized spacial score (nSPS) is 14.8. The van der Waals surface area contributed by atoms with Gasteiger partial charge in [0, 0.05) is 17.5 Å². The molecule has 3 rings (SSSR count). The summed E-state index contributed by atoms with van der Waals surface area (Å²) in [5.74, 6) is 2.05. The van der Waals surface area contributed by atoms with Crippen LogP contribution in [0.25, 0.3) is 11.3 Å². The summed E-state index contributed by atoms with van der Waals surface area (Å²) in [6.45, 7) is 0. The Hall–Kier alpha value is -1.19. The lowest BCUT2D eigenvalue weighted by atomic mass is 10.1. The molecule has 0 saturated heterocycles. The fourth-order valence-corrected chi connectivity index (χ4v) is 2.54. The van der Waals surface area contributed by atoms with Crippen molar-refractivity contribution in [2.75, 3.05) is 7.11 Å². The van der Waals surface area contributed by atoms with Gasteiger partial charge in [-0.2, -0.15) is 0 Å². The molecular formula is C13H11Cl2NO2. The number of rotatable bonds is 3. The van der Waals surface area contributed by atoms with Gasteiger partial charge in [-0.1, -0.05) is 28.4 Å². The van der Waals surface area contributed by atoms with Crippen molar-refractivity contribution < 1.29 is 9.26 Å². The quantitative estimate of drug-likeness (QED) is 0.830. The summed E-state index contributed by atoms with van der Waals surface area (Å²) in [6.07, 6.45) is 2.33. The first-order valence-electron chi connectivity index (χ1n) is 5.69. The van der Waals surface area contributed by atoms with Gasteiger partial charge in [-0.05, 0) is 25.0 Å². The van der Waals surface area contributed by atoms with Gasteiger partial charge in [0.05, 0.1) is 17.2 Å². The zero-order valence-corrected chi connectivity index (χ0v) is 11.3. The van der Waals surface area contributed by atoms with Gasteiger partial charge in [0.15, 0.2) is 0 Å². The highest BCUT2D eigenvalue weighted by atomic mass is 35.5. The van der Waals surface area contributed by atoms with E-state index < -0.39 is 0 Å². The molecule has 0 amide bonds. The van der Waals surface area contributed by atoms with E-state index in [0.29, 0.717) is 33.0 Å². The molecule has 1 aromatic heterocycles. The highest BCUT2D eigenvalue weighted by molar-refractivity contribution is 6.39. The zero-order valence-electron chi connectivity index (χ0n) is 9.74. The van der Waals surface area contributed by atoms with E-state index in [0.717, 1.165) is 5.76 Å². The van der Waals surface area contributed by atoms with Gasteiger partial charge in [0.1, 0.15) is 17.2 Å². The van der Waals surface area contributed by atoms with Crippen molar-refractivity contribution in [3.8, 4) is 17.0 Å². The summed E-state index contributed by atoms with van der Waals surface area (Å²) in [6, 6.07) is 5.35. The Morgan fingerprint density at radius 3 is 2.44 bits per heavy atom. The van der Waals surface area contributed by atoms with Crippen LogP contribution >= 0.6 is 23.2 Å². The number of hydrogen-bond acceptors (Lipinski definition) is 3. The molecule has 0 unspecified atom stereocenters. The third kappa shape index (κ3) is 2.08. The first-order valence-corrected chi connectivity index (χ1v) is 6.44. The lowest BCUT2D eigenvalue weighted by Gasteiger charge is -2.06. The van der Waals surface area contributed by atoms with Crippen molar-refractivity contribution in [2.24, 2.45) is 0 Å². The van der Waals surface area contributed by atoms with Gasteiger partial charge in [0.25, 0.3) is 0 Å². The number of nitrogens with zero attached hydrogens (tertiary/aromatic N) is 1. The molecule has 1 saturated carbocycles. The standard InChI is InChI=1S/C13H11Cl2NO2/c1-17-8-4-9(14)13(10(15)5-8)11-6-12(18-16-11)7-2-3-7/h4-7H,2-3H2,1H3. The van der Waals surface area contributed by atoms with Crippen LogP contribution in [-0.4, -0.2) is 12.3 Å². The van der Waals surface area contributed by atoms with E-state index in [-0.39, 0.29) is 0 Å². The van der Waals surface area contributed by atoms with E-state index in [1.54, 1.807) is 19.2 Å². The topological polar surface area (TPSA) is 35.3 Å². The van der Waals surface area contributed by atoms with E-state index in [2.05, 4.69) is 5.16 Å². The number of hydrogen-bond donors (Lipinski definition) is 0. The van der Waals surface area contributed by atoms with Gasteiger partial charge in [0.2, 0.25) is 0 Å². The van der Waals surface area contributed by atoms with Crippen LogP contribution in [-0.2, 0) is 0 Å². The smallest absolute Gasteiger partial charge is 0.140 e. The Morgan fingerprint density at radius 1 is 1.22 bits per heavy atom. The molecule has 1 heterocycles. The monoisotopic (exact) mass is 283 g/mol. The van der Waals surface area contributed by atoms with Crippen molar-refractivity contribution in [2.45, 2.75) is 18.8 Å². The summed E-state index contributed by atoms with van der Waals surface area (Å²) < 4.78 is 10.4. The molecule has 0 atom stereocenters. The Morgan fingerprint density at radius 2 is 1.89 bits per heavy atom. The average Bonchev–Trinajstić information content (AvgIpc) is 3.08. The molecule has 5 heteroatoms. The molecule has 1 aromatic carbocycles. The third-order valence-corrected chi connectivity index (χ3v) is 3.61. The van der Waals surface area contributed by atoms with E-state index in [9.17, 15) is 0 Å². The maximum absolute atomic E-state index is 6.21. The van der Waals surface area contributed by atoms with Crippen LogP contribution < -0.4 is 4.74 Å². The van der Waals surface area contributed by atoms with Crippen LogP contribution in [0.2, 0.25) is 10.0 Å². The number of methoxy groups -OCH3 is 1. The highest BCUT2D eigenvalue weighted by Crippen LogP contribution is 2.43. The molecule has 0 aliphatic heterocycles. The summed E-state index contributed by atoms with van der Waals surface area (Å²) in [7, 11) is 1.57. The molecule has 1 aliphatic carbocycles. The van der Waals surface area contributed by atoms with Crippen molar-refractivity contribution in [1.82, 2.24) is 5.16 Å². The molecule has 2 aromatic rings. The third-order valence-electron chi connectivity index (χ3n) is 3.02. The second-order valence-electron chi connectivity index (χ2n) is 4.35. The maximum Gasteiger partial charge on any atom is 0.140 e. The van der Waals surface area contributed by atoms with E-state index >= 15 is 0 Å².